The normalized spacial score (nSPS) is 17.4. The quantitative estimate of drug-likeness (QED) is 0.765. The molecule has 9 heteroatoms. The molecule has 0 spiro atoms. The minimum atomic E-state index is -4.82. The van der Waals surface area contributed by atoms with Crippen molar-refractivity contribution in [2.45, 2.75) is 58.2 Å². The first-order valence-electron chi connectivity index (χ1n) is 8.95. The Kier molecular flexibility index (Phi) is 6.46. The summed E-state index contributed by atoms with van der Waals surface area (Å²) < 4.78 is 47.1. The summed E-state index contributed by atoms with van der Waals surface area (Å²) >= 11 is 0. The van der Waals surface area contributed by atoms with Crippen LogP contribution in [-0.2, 0) is 16.1 Å². The lowest BCUT2D eigenvalue weighted by atomic mass is 10.1. The Morgan fingerprint density at radius 2 is 1.86 bits per heavy atom. The molecule has 1 atom stereocenters. The fourth-order valence-corrected chi connectivity index (χ4v) is 3.01. The van der Waals surface area contributed by atoms with Crippen LogP contribution < -0.4 is 4.74 Å². The summed E-state index contributed by atoms with van der Waals surface area (Å²) in [6.45, 7) is 5.53. The molecule has 28 heavy (non-hydrogen) atoms. The number of para-hydroxylation sites is 1. The predicted molar refractivity (Wildman–Crippen MR) is 95.6 cm³/mol. The molecule has 1 aromatic carbocycles. The zero-order valence-corrected chi connectivity index (χ0v) is 16.4. The third-order valence-electron chi connectivity index (χ3n) is 4.15. The van der Waals surface area contributed by atoms with E-state index in [0.717, 1.165) is 0 Å². The molecule has 0 bridgehead atoms. The van der Waals surface area contributed by atoms with Gasteiger partial charge >= 0.3 is 12.5 Å². The Hall–Kier alpha value is -2.45. The molecule has 1 aliphatic heterocycles. The maximum atomic E-state index is 12.8. The van der Waals surface area contributed by atoms with Crippen molar-refractivity contribution >= 4 is 12.0 Å². The number of carbonyl (C=O) groups is 2. The second-order valence-electron chi connectivity index (χ2n) is 7.68. The number of ether oxygens (including phenoxy) is 2. The standard InChI is InChI=1S/C19H25F3N2O4/c1-18(2,3)28-17(26)24-11-7-9-14(24)16(25)23(4)12-13-8-5-6-10-15(13)27-19(20,21)22/h5-6,8,10,14H,7,9,11-12H2,1-4H3. The van der Waals surface area contributed by atoms with Crippen LogP contribution in [0.5, 0.6) is 5.75 Å². The van der Waals surface area contributed by atoms with Crippen molar-refractivity contribution in [3.05, 3.63) is 29.8 Å². The number of rotatable bonds is 4. The first-order chi connectivity index (χ1) is 12.9. The lowest BCUT2D eigenvalue weighted by molar-refractivity contribution is -0.275. The van der Waals surface area contributed by atoms with E-state index in [2.05, 4.69) is 4.74 Å². The second-order valence-corrected chi connectivity index (χ2v) is 7.68. The molecule has 1 heterocycles. The number of likely N-dealkylation sites (N-methyl/N-ethyl adjacent to an activating group) is 1. The van der Waals surface area contributed by atoms with Crippen molar-refractivity contribution < 1.29 is 32.2 Å². The molecule has 6 nitrogen and oxygen atoms in total. The van der Waals surface area contributed by atoms with E-state index in [0.29, 0.717) is 19.4 Å². The molecule has 1 aromatic rings. The number of carbonyl (C=O) groups excluding carboxylic acids is 2. The Labute approximate surface area is 162 Å². The zero-order valence-electron chi connectivity index (χ0n) is 16.4. The number of likely N-dealkylation sites (tertiary alicyclic amines) is 1. The minimum Gasteiger partial charge on any atom is -0.444 e. The molecule has 0 aromatic heterocycles. The van der Waals surface area contributed by atoms with Crippen molar-refractivity contribution in [2.75, 3.05) is 13.6 Å². The number of amides is 2. The van der Waals surface area contributed by atoms with Crippen LogP contribution >= 0.6 is 0 Å². The molecular formula is C19H25F3N2O4. The summed E-state index contributed by atoms with van der Waals surface area (Å²) in [6, 6.07) is 4.96. The Balaban J connectivity index is 2.09. The van der Waals surface area contributed by atoms with Crippen LogP contribution in [-0.4, -0.2) is 53.4 Å². The molecular weight excluding hydrogens is 377 g/mol. The third-order valence-corrected chi connectivity index (χ3v) is 4.15. The fraction of sp³-hybridized carbons (Fsp3) is 0.579. The van der Waals surface area contributed by atoms with Gasteiger partial charge in [0, 0.05) is 25.7 Å². The van der Waals surface area contributed by atoms with E-state index in [9.17, 15) is 22.8 Å². The van der Waals surface area contributed by atoms with Crippen molar-refractivity contribution in [3.63, 3.8) is 0 Å². The van der Waals surface area contributed by atoms with Gasteiger partial charge in [0.2, 0.25) is 5.91 Å². The van der Waals surface area contributed by atoms with Crippen LogP contribution in [0.1, 0.15) is 39.2 Å². The predicted octanol–water partition coefficient (Wildman–Crippen LogP) is 3.94. The van der Waals surface area contributed by atoms with Gasteiger partial charge < -0.3 is 14.4 Å². The molecule has 0 saturated carbocycles. The smallest absolute Gasteiger partial charge is 0.444 e. The van der Waals surface area contributed by atoms with Crippen LogP contribution in [0, 0.1) is 0 Å². The van der Waals surface area contributed by atoms with Crippen LogP contribution in [0.3, 0.4) is 0 Å². The third kappa shape index (κ3) is 6.03. The first-order valence-corrected chi connectivity index (χ1v) is 8.95. The summed E-state index contributed by atoms with van der Waals surface area (Å²) in [5.74, 6) is -0.713. The number of hydrogen-bond donors (Lipinski definition) is 0. The van der Waals surface area contributed by atoms with Gasteiger partial charge in [-0.15, -0.1) is 13.2 Å². The monoisotopic (exact) mass is 402 g/mol. The summed E-state index contributed by atoms with van der Waals surface area (Å²) in [7, 11) is 1.48. The Morgan fingerprint density at radius 1 is 1.21 bits per heavy atom. The van der Waals surface area contributed by atoms with E-state index in [1.807, 2.05) is 0 Å². The average Bonchev–Trinajstić information content (AvgIpc) is 3.02. The Bertz CT molecular complexity index is 716. The van der Waals surface area contributed by atoms with Gasteiger partial charge in [0.25, 0.3) is 0 Å². The van der Waals surface area contributed by atoms with Gasteiger partial charge in [-0.2, -0.15) is 0 Å². The van der Waals surface area contributed by atoms with Gasteiger partial charge in [-0.25, -0.2) is 4.79 Å². The molecule has 1 unspecified atom stereocenters. The van der Waals surface area contributed by atoms with Gasteiger partial charge in [0.05, 0.1) is 0 Å². The van der Waals surface area contributed by atoms with Crippen molar-refractivity contribution in [2.24, 2.45) is 0 Å². The molecule has 1 aliphatic rings. The zero-order chi connectivity index (χ0) is 21.1. The van der Waals surface area contributed by atoms with Crippen LogP contribution in [0.4, 0.5) is 18.0 Å². The minimum absolute atomic E-state index is 0.0796. The highest BCUT2D eigenvalue weighted by molar-refractivity contribution is 5.86. The second kappa shape index (κ2) is 8.28. The number of benzene rings is 1. The number of nitrogens with zero attached hydrogens (tertiary/aromatic N) is 2. The highest BCUT2D eigenvalue weighted by Crippen LogP contribution is 2.28. The average molecular weight is 402 g/mol. The topological polar surface area (TPSA) is 59.1 Å². The molecule has 1 saturated heterocycles. The van der Waals surface area contributed by atoms with Crippen LogP contribution in [0.25, 0.3) is 0 Å². The van der Waals surface area contributed by atoms with Crippen LogP contribution in [0.2, 0.25) is 0 Å². The summed E-state index contributed by atoms with van der Waals surface area (Å²) in [5.41, 5.74) is -0.468. The summed E-state index contributed by atoms with van der Waals surface area (Å²) in [5, 5.41) is 0. The maximum absolute atomic E-state index is 12.8. The van der Waals surface area contributed by atoms with Gasteiger partial charge in [0.1, 0.15) is 17.4 Å². The van der Waals surface area contributed by atoms with E-state index in [1.165, 1.54) is 35.0 Å². The van der Waals surface area contributed by atoms with Crippen molar-refractivity contribution in [1.82, 2.24) is 9.80 Å². The van der Waals surface area contributed by atoms with Gasteiger partial charge in [0.15, 0.2) is 0 Å². The van der Waals surface area contributed by atoms with E-state index >= 15 is 0 Å². The lowest BCUT2D eigenvalue weighted by Gasteiger charge is -2.30. The van der Waals surface area contributed by atoms with E-state index in [4.69, 9.17) is 4.74 Å². The van der Waals surface area contributed by atoms with Gasteiger partial charge in [-0.05, 0) is 39.7 Å². The SMILES string of the molecule is CN(Cc1ccccc1OC(F)(F)F)C(=O)C1CCCN1C(=O)OC(C)(C)C. The summed E-state index contributed by atoms with van der Waals surface area (Å²) in [6.07, 6.45) is -4.27. The fourth-order valence-electron chi connectivity index (χ4n) is 3.01. The van der Waals surface area contributed by atoms with E-state index < -0.39 is 24.1 Å². The van der Waals surface area contributed by atoms with E-state index in [-0.39, 0.29) is 23.8 Å². The van der Waals surface area contributed by atoms with Crippen molar-refractivity contribution in [3.8, 4) is 5.75 Å². The highest BCUT2D eigenvalue weighted by Gasteiger charge is 2.38. The van der Waals surface area contributed by atoms with Crippen molar-refractivity contribution in [1.29, 1.82) is 0 Å². The Morgan fingerprint density at radius 3 is 2.46 bits per heavy atom. The highest BCUT2D eigenvalue weighted by atomic mass is 19.4. The molecule has 0 aliphatic carbocycles. The molecule has 0 N–H and O–H groups in total. The molecule has 1 fully saturated rings. The number of alkyl halides is 3. The molecule has 156 valence electrons. The molecule has 2 rings (SSSR count). The van der Waals surface area contributed by atoms with Gasteiger partial charge in [-0.3, -0.25) is 9.69 Å². The largest absolute Gasteiger partial charge is 0.573 e. The molecule has 0 radical (unpaired) electrons. The van der Waals surface area contributed by atoms with Crippen LogP contribution in [0.15, 0.2) is 24.3 Å². The van der Waals surface area contributed by atoms with E-state index in [1.54, 1.807) is 26.8 Å². The maximum Gasteiger partial charge on any atom is 0.573 e. The first kappa shape index (κ1) is 21.8. The number of halogens is 3. The molecule has 2 amide bonds. The lowest BCUT2D eigenvalue weighted by Crippen LogP contribution is -2.47. The summed E-state index contributed by atoms with van der Waals surface area (Å²) in [4.78, 5) is 27.9. The van der Waals surface area contributed by atoms with Gasteiger partial charge in [-0.1, -0.05) is 18.2 Å². The number of hydrogen-bond acceptors (Lipinski definition) is 4.